The molecule has 1 aromatic carbocycles. The number of carbonyl (C=O) groups is 2. The maximum Gasteiger partial charge on any atom is 0.326 e. The molecule has 2 saturated heterocycles. The minimum atomic E-state index is -0.951. The SMILES string of the molecule is Cn1c(N2CCOCC2)nc2cc(C(=O)N3CC[C@@H]3C(=O)O)ccc21. The Hall–Kier alpha value is -2.61. The Balaban J connectivity index is 1.64. The number of benzene rings is 1. The minimum Gasteiger partial charge on any atom is -0.480 e. The first-order valence-corrected chi connectivity index (χ1v) is 8.39. The standard InChI is InChI=1S/C17H20N4O4/c1-19-13-3-2-11(15(22)21-5-4-14(21)16(23)24)10-12(13)18-17(19)20-6-8-25-9-7-20/h2-3,10,14H,4-9H2,1H3,(H,23,24)/t14-/m1/s1. The first-order valence-electron chi connectivity index (χ1n) is 8.39. The van der Waals surface area contributed by atoms with Gasteiger partial charge in [-0.15, -0.1) is 0 Å². The summed E-state index contributed by atoms with van der Waals surface area (Å²) in [7, 11) is 1.96. The molecule has 0 bridgehead atoms. The molecule has 0 radical (unpaired) electrons. The lowest BCUT2D eigenvalue weighted by Crippen LogP contribution is -2.55. The van der Waals surface area contributed by atoms with Crippen molar-refractivity contribution >= 4 is 28.9 Å². The fourth-order valence-corrected chi connectivity index (χ4v) is 3.42. The lowest BCUT2D eigenvalue weighted by molar-refractivity contribution is -0.146. The lowest BCUT2D eigenvalue weighted by atomic mass is 10.0. The average Bonchev–Trinajstić information content (AvgIpc) is 2.90. The van der Waals surface area contributed by atoms with E-state index in [1.54, 1.807) is 12.1 Å². The number of aromatic nitrogens is 2. The first kappa shape index (κ1) is 15.9. The molecule has 2 aliphatic heterocycles. The van der Waals surface area contributed by atoms with Crippen molar-refractivity contribution in [3.05, 3.63) is 23.8 Å². The molecule has 8 nitrogen and oxygen atoms in total. The van der Waals surface area contributed by atoms with Gasteiger partial charge in [0, 0.05) is 32.2 Å². The molecule has 4 rings (SSSR count). The van der Waals surface area contributed by atoms with Crippen molar-refractivity contribution in [2.24, 2.45) is 7.05 Å². The highest BCUT2D eigenvalue weighted by molar-refractivity contribution is 6.00. The van der Waals surface area contributed by atoms with Crippen LogP contribution in [-0.4, -0.2) is 70.3 Å². The third kappa shape index (κ3) is 2.62. The van der Waals surface area contributed by atoms with Gasteiger partial charge < -0.3 is 24.2 Å². The predicted octanol–water partition coefficient (Wildman–Crippen LogP) is 0.709. The highest BCUT2D eigenvalue weighted by Gasteiger charge is 2.38. The summed E-state index contributed by atoms with van der Waals surface area (Å²) in [6, 6.07) is 4.65. The largest absolute Gasteiger partial charge is 0.480 e. The van der Waals surface area contributed by atoms with Crippen LogP contribution in [-0.2, 0) is 16.6 Å². The number of amides is 1. The van der Waals surface area contributed by atoms with E-state index in [4.69, 9.17) is 9.84 Å². The number of anilines is 1. The van der Waals surface area contributed by atoms with Crippen molar-refractivity contribution in [2.75, 3.05) is 37.7 Å². The number of rotatable bonds is 3. The quantitative estimate of drug-likeness (QED) is 0.882. The highest BCUT2D eigenvalue weighted by Crippen LogP contribution is 2.26. The number of nitrogens with zero attached hydrogens (tertiary/aromatic N) is 4. The van der Waals surface area contributed by atoms with Gasteiger partial charge in [-0.05, 0) is 24.6 Å². The Morgan fingerprint density at radius 1 is 1.24 bits per heavy atom. The zero-order chi connectivity index (χ0) is 17.6. The normalized spacial score (nSPS) is 20.6. The van der Waals surface area contributed by atoms with Crippen molar-refractivity contribution in [1.82, 2.24) is 14.5 Å². The van der Waals surface area contributed by atoms with Crippen LogP contribution in [0.25, 0.3) is 11.0 Å². The molecule has 8 heteroatoms. The van der Waals surface area contributed by atoms with Crippen LogP contribution in [0.3, 0.4) is 0 Å². The minimum absolute atomic E-state index is 0.251. The molecule has 132 valence electrons. The van der Waals surface area contributed by atoms with Gasteiger partial charge in [-0.3, -0.25) is 4.79 Å². The third-order valence-corrected chi connectivity index (χ3v) is 4.96. The van der Waals surface area contributed by atoms with Crippen LogP contribution in [0.2, 0.25) is 0 Å². The number of ether oxygens (including phenoxy) is 1. The number of hydrogen-bond acceptors (Lipinski definition) is 5. The summed E-state index contributed by atoms with van der Waals surface area (Å²) in [4.78, 5) is 32.0. The molecule has 0 unspecified atom stereocenters. The molecule has 1 amide bonds. The Bertz CT molecular complexity index is 841. The zero-order valence-corrected chi connectivity index (χ0v) is 14.0. The van der Waals surface area contributed by atoms with Gasteiger partial charge in [0.25, 0.3) is 5.91 Å². The zero-order valence-electron chi connectivity index (χ0n) is 14.0. The van der Waals surface area contributed by atoms with E-state index in [2.05, 4.69) is 9.88 Å². The van der Waals surface area contributed by atoms with Gasteiger partial charge >= 0.3 is 5.97 Å². The molecular weight excluding hydrogens is 324 g/mol. The molecule has 0 saturated carbocycles. The Kier molecular flexibility index (Phi) is 3.84. The van der Waals surface area contributed by atoms with Crippen molar-refractivity contribution in [3.8, 4) is 0 Å². The van der Waals surface area contributed by atoms with Crippen LogP contribution in [0.15, 0.2) is 18.2 Å². The molecule has 0 spiro atoms. The second kappa shape index (κ2) is 6.03. The van der Waals surface area contributed by atoms with Crippen molar-refractivity contribution in [3.63, 3.8) is 0 Å². The predicted molar refractivity (Wildman–Crippen MR) is 90.8 cm³/mol. The van der Waals surface area contributed by atoms with Gasteiger partial charge in [-0.25, -0.2) is 9.78 Å². The van der Waals surface area contributed by atoms with Crippen LogP contribution in [0.4, 0.5) is 5.95 Å². The van der Waals surface area contributed by atoms with E-state index in [0.29, 0.717) is 31.7 Å². The Morgan fingerprint density at radius 3 is 2.64 bits per heavy atom. The highest BCUT2D eigenvalue weighted by atomic mass is 16.5. The number of carboxylic acid groups (broad SMARTS) is 1. The van der Waals surface area contributed by atoms with E-state index in [0.717, 1.165) is 30.1 Å². The number of carboxylic acids is 1. The molecule has 25 heavy (non-hydrogen) atoms. The van der Waals surface area contributed by atoms with Crippen LogP contribution in [0.5, 0.6) is 0 Å². The van der Waals surface area contributed by atoms with Gasteiger partial charge in [-0.2, -0.15) is 0 Å². The molecule has 3 heterocycles. The van der Waals surface area contributed by atoms with Crippen LogP contribution >= 0.6 is 0 Å². The second-order valence-corrected chi connectivity index (χ2v) is 6.41. The van der Waals surface area contributed by atoms with Gasteiger partial charge in [0.05, 0.1) is 24.2 Å². The smallest absolute Gasteiger partial charge is 0.326 e. The number of fused-ring (bicyclic) bond motifs is 1. The summed E-state index contributed by atoms with van der Waals surface area (Å²) >= 11 is 0. The molecular formula is C17H20N4O4. The Labute approximate surface area is 144 Å². The van der Waals surface area contributed by atoms with Crippen LogP contribution in [0.1, 0.15) is 16.8 Å². The number of hydrogen-bond donors (Lipinski definition) is 1. The number of aliphatic carboxylic acids is 1. The van der Waals surface area contributed by atoms with Gasteiger partial charge in [0.2, 0.25) is 5.95 Å². The van der Waals surface area contributed by atoms with E-state index in [1.807, 2.05) is 17.7 Å². The third-order valence-electron chi connectivity index (χ3n) is 4.96. The summed E-state index contributed by atoms with van der Waals surface area (Å²) in [5, 5.41) is 9.13. The molecule has 1 atom stereocenters. The van der Waals surface area contributed by atoms with Gasteiger partial charge in [-0.1, -0.05) is 0 Å². The second-order valence-electron chi connectivity index (χ2n) is 6.41. The number of imidazole rings is 1. The maximum absolute atomic E-state index is 12.6. The summed E-state index contributed by atoms with van der Waals surface area (Å²) in [6.45, 7) is 3.42. The molecule has 0 aliphatic carbocycles. The maximum atomic E-state index is 12.6. The fraction of sp³-hybridized carbons (Fsp3) is 0.471. The lowest BCUT2D eigenvalue weighted by Gasteiger charge is -2.37. The number of carbonyl (C=O) groups excluding carboxylic acids is 1. The van der Waals surface area contributed by atoms with Crippen LogP contribution in [0, 0.1) is 0 Å². The van der Waals surface area contributed by atoms with E-state index >= 15 is 0 Å². The number of likely N-dealkylation sites (tertiary alicyclic amines) is 1. The summed E-state index contributed by atoms with van der Waals surface area (Å²) < 4.78 is 7.40. The molecule has 1 N–H and O–H groups in total. The molecule has 2 aromatic rings. The van der Waals surface area contributed by atoms with E-state index in [-0.39, 0.29) is 5.91 Å². The van der Waals surface area contributed by atoms with E-state index < -0.39 is 12.0 Å². The van der Waals surface area contributed by atoms with Crippen molar-refractivity contribution in [1.29, 1.82) is 0 Å². The molecule has 1 aromatic heterocycles. The van der Waals surface area contributed by atoms with Crippen molar-refractivity contribution < 1.29 is 19.4 Å². The summed E-state index contributed by atoms with van der Waals surface area (Å²) in [6.07, 6.45) is 0.508. The molecule has 2 aliphatic rings. The average molecular weight is 344 g/mol. The topological polar surface area (TPSA) is 87.9 Å². The summed E-state index contributed by atoms with van der Waals surface area (Å²) in [5.41, 5.74) is 2.16. The number of morpholine rings is 1. The van der Waals surface area contributed by atoms with E-state index in [1.165, 1.54) is 4.90 Å². The van der Waals surface area contributed by atoms with Crippen LogP contribution < -0.4 is 4.90 Å². The van der Waals surface area contributed by atoms with Gasteiger partial charge in [0.15, 0.2) is 0 Å². The Morgan fingerprint density at radius 2 is 2.00 bits per heavy atom. The monoisotopic (exact) mass is 344 g/mol. The van der Waals surface area contributed by atoms with Gasteiger partial charge in [0.1, 0.15) is 6.04 Å². The molecule has 2 fully saturated rings. The number of aryl methyl sites for hydroxylation is 1. The van der Waals surface area contributed by atoms with Crippen molar-refractivity contribution in [2.45, 2.75) is 12.5 Å². The van der Waals surface area contributed by atoms with E-state index in [9.17, 15) is 9.59 Å². The summed E-state index contributed by atoms with van der Waals surface area (Å²) in [5.74, 6) is -0.345. The fourth-order valence-electron chi connectivity index (χ4n) is 3.42. The first-order chi connectivity index (χ1) is 12.1.